The van der Waals surface area contributed by atoms with Crippen molar-refractivity contribution in [3.63, 3.8) is 0 Å². The summed E-state index contributed by atoms with van der Waals surface area (Å²) in [5.41, 5.74) is 3.18. The lowest BCUT2D eigenvalue weighted by molar-refractivity contribution is 0.0943. The van der Waals surface area contributed by atoms with Gasteiger partial charge in [-0.25, -0.2) is 0 Å². The second kappa shape index (κ2) is 8.14. The van der Waals surface area contributed by atoms with Crippen LogP contribution in [-0.4, -0.2) is 40.5 Å². The monoisotopic (exact) mass is 451 g/mol. The highest BCUT2D eigenvalue weighted by molar-refractivity contribution is 14.1. The van der Waals surface area contributed by atoms with E-state index >= 15 is 0 Å². The highest BCUT2D eigenvalue weighted by Gasteiger charge is 2.18. The van der Waals surface area contributed by atoms with E-state index in [0.29, 0.717) is 23.8 Å². The summed E-state index contributed by atoms with van der Waals surface area (Å²) >= 11 is 2.11. The van der Waals surface area contributed by atoms with Gasteiger partial charge in [0.1, 0.15) is 9.45 Å². The Morgan fingerprint density at radius 1 is 1.36 bits per heavy atom. The van der Waals surface area contributed by atoms with Crippen molar-refractivity contribution in [2.24, 2.45) is 5.92 Å². The molecule has 1 atom stereocenters. The molecule has 3 rings (SSSR count). The lowest BCUT2D eigenvalue weighted by atomic mass is 9.98. The highest BCUT2D eigenvalue weighted by Crippen LogP contribution is 2.23. The first-order chi connectivity index (χ1) is 12.0. The summed E-state index contributed by atoms with van der Waals surface area (Å²) in [4.78, 5) is 18.7. The molecule has 1 aliphatic rings. The van der Waals surface area contributed by atoms with Crippen LogP contribution < -0.4 is 5.32 Å². The number of hydrogen-bond acceptors (Lipinski definition) is 4. The molecule has 2 heterocycles. The summed E-state index contributed by atoms with van der Waals surface area (Å²) in [6, 6.07) is 9.15. The number of pyridine rings is 1. The Morgan fingerprint density at radius 3 is 3.00 bits per heavy atom. The van der Waals surface area contributed by atoms with Crippen LogP contribution in [0.3, 0.4) is 0 Å². The quantitative estimate of drug-likeness (QED) is 0.542. The van der Waals surface area contributed by atoms with Crippen molar-refractivity contribution in [3.8, 4) is 5.75 Å². The molecule has 1 aromatic carbocycles. The van der Waals surface area contributed by atoms with Crippen LogP contribution in [0.1, 0.15) is 28.4 Å². The average Bonchev–Trinajstić information content (AvgIpc) is 2.60. The second-order valence-electron chi connectivity index (χ2n) is 6.62. The molecule has 132 valence electrons. The Morgan fingerprint density at radius 2 is 2.20 bits per heavy atom. The Hall–Kier alpha value is -1.67. The Balaban J connectivity index is 1.49. The van der Waals surface area contributed by atoms with Gasteiger partial charge in [0.15, 0.2) is 0 Å². The summed E-state index contributed by atoms with van der Waals surface area (Å²) in [7, 11) is 0. The van der Waals surface area contributed by atoms with Crippen LogP contribution in [0.25, 0.3) is 0 Å². The predicted octanol–water partition coefficient (Wildman–Crippen LogP) is 2.82. The van der Waals surface area contributed by atoms with Gasteiger partial charge in [-0.05, 0) is 70.3 Å². The number of rotatable bonds is 5. The summed E-state index contributed by atoms with van der Waals surface area (Å²) in [6.45, 7) is 5.63. The molecular formula is C19H22IN3O2. The van der Waals surface area contributed by atoms with Crippen LogP contribution in [0.4, 0.5) is 0 Å². The second-order valence-corrected chi connectivity index (χ2v) is 7.73. The molecule has 1 aromatic heterocycles. The number of aromatic hydroxyl groups is 1. The lowest BCUT2D eigenvalue weighted by Crippen LogP contribution is -2.38. The van der Waals surface area contributed by atoms with E-state index in [4.69, 9.17) is 0 Å². The van der Waals surface area contributed by atoms with Crippen molar-refractivity contribution in [2.75, 3.05) is 19.6 Å². The standard InChI is InChI=1S/C19H22IN3O2/c1-13(10-22-19(25)15-4-6-21-18(20)9-15)11-23-7-5-14-8-17(24)3-2-16(14)12-23/h2-4,6,8-9,13,24H,5,7,10-12H2,1H3,(H,22,25)/t13-/m1/s1. The number of phenolic OH excluding ortho intramolecular Hbond substituents is 1. The summed E-state index contributed by atoms with van der Waals surface area (Å²) in [5, 5.41) is 12.6. The summed E-state index contributed by atoms with van der Waals surface area (Å²) < 4.78 is 0.816. The molecule has 0 unspecified atom stereocenters. The minimum absolute atomic E-state index is 0.0494. The maximum Gasteiger partial charge on any atom is 0.251 e. The predicted molar refractivity (Wildman–Crippen MR) is 106 cm³/mol. The van der Waals surface area contributed by atoms with Crippen LogP contribution in [0.15, 0.2) is 36.5 Å². The van der Waals surface area contributed by atoms with Crippen molar-refractivity contribution in [2.45, 2.75) is 19.9 Å². The molecule has 6 heteroatoms. The van der Waals surface area contributed by atoms with Gasteiger partial charge < -0.3 is 10.4 Å². The smallest absolute Gasteiger partial charge is 0.251 e. The van der Waals surface area contributed by atoms with Gasteiger partial charge in [0, 0.05) is 37.9 Å². The molecule has 0 fully saturated rings. The normalized spacial score (nSPS) is 15.4. The van der Waals surface area contributed by atoms with Crippen molar-refractivity contribution in [1.82, 2.24) is 15.2 Å². The van der Waals surface area contributed by atoms with E-state index in [-0.39, 0.29) is 5.91 Å². The third-order valence-electron chi connectivity index (χ3n) is 4.45. The van der Waals surface area contributed by atoms with E-state index < -0.39 is 0 Å². The van der Waals surface area contributed by atoms with Gasteiger partial charge in [-0.1, -0.05) is 13.0 Å². The number of nitrogens with one attached hydrogen (secondary N) is 1. The zero-order valence-corrected chi connectivity index (χ0v) is 16.4. The molecular weight excluding hydrogens is 429 g/mol. The van der Waals surface area contributed by atoms with E-state index in [2.05, 4.69) is 44.7 Å². The molecule has 25 heavy (non-hydrogen) atoms. The first kappa shape index (κ1) is 18.1. The zero-order valence-electron chi connectivity index (χ0n) is 14.2. The Bertz CT molecular complexity index is 766. The fourth-order valence-electron chi connectivity index (χ4n) is 3.17. The van der Waals surface area contributed by atoms with E-state index in [0.717, 1.165) is 29.8 Å². The molecule has 0 spiro atoms. The summed E-state index contributed by atoms with van der Waals surface area (Å²) in [5.74, 6) is 0.657. The van der Waals surface area contributed by atoms with Gasteiger partial charge >= 0.3 is 0 Å². The average molecular weight is 451 g/mol. The molecule has 0 bridgehead atoms. The molecule has 0 radical (unpaired) electrons. The van der Waals surface area contributed by atoms with Gasteiger partial charge in [0.25, 0.3) is 5.91 Å². The first-order valence-corrected chi connectivity index (χ1v) is 9.52. The van der Waals surface area contributed by atoms with Crippen molar-refractivity contribution in [1.29, 1.82) is 0 Å². The molecule has 0 aliphatic carbocycles. The van der Waals surface area contributed by atoms with Crippen molar-refractivity contribution < 1.29 is 9.90 Å². The lowest BCUT2D eigenvalue weighted by Gasteiger charge is -2.31. The number of amides is 1. The molecule has 0 saturated carbocycles. The largest absolute Gasteiger partial charge is 0.508 e. The van der Waals surface area contributed by atoms with Crippen LogP contribution in [0.2, 0.25) is 0 Å². The van der Waals surface area contributed by atoms with Gasteiger partial charge in [-0.15, -0.1) is 0 Å². The maximum absolute atomic E-state index is 12.2. The minimum Gasteiger partial charge on any atom is -0.508 e. The number of halogens is 1. The number of carbonyl (C=O) groups is 1. The van der Waals surface area contributed by atoms with E-state index in [9.17, 15) is 9.90 Å². The fourth-order valence-corrected chi connectivity index (χ4v) is 3.67. The number of phenols is 1. The maximum atomic E-state index is 12.2. The molecule has 1 aliphatic heterocycles. The Kier molecular flexibility index (Phi) is 5.90. The minimum atomic E-state index is -0.0494. The molecule has 0 saturated heterocycles. The molecule has 1 amide bonds. The van der Waals surface area contributed by atoms with Crippen LogP contribution in [0.5, 0.6) is 5.75 Å². The number of nitrogens with zero attached hydrogens (tertiary/aromatic N) is 2. The van der Waals surface area contributed by atoms with Gasteiger partial charge in [0.2, 0.25) is 0 Å². The number of hydrogen-bond donors (Lipinski definition) is 2. The number of fused-ring (bicyclic) bond motifs is 1. The number of aromatic nitrogens is 1. The molecule has 5 nitrogen and oxygen atoms in total. The zero-order chi connectivity index (χ0) is 17.8. The summed E-state index contributed by atoms with van der Waals surface area (Å²) in [6.07, 6.45) is 2.61. The van der Waals surface area contributed by atoms with Crippen LogP contribution in [0, 0.1) is 9.62 Å². The van der Waals surface area contributed by atoms with Gasteiger partial charge in [0.05, 0.1) is 0 Å². The van der Waals surface area contributed by atoms with Crippen LogP contribution >= 0.6 is 22.6 Å². The van der Waals surface area contributed by atoms with Crippen LogP contribution in [-0.2, 0) is 13.0 Å². The SMILES string of the molecule is C[C@H](CNC(=O)c1ccnc(I)c1)CN1CCc2cc(O)ccc2C1. The number of benzene rings is 1. The topological polar surface area (TPSA) is 65.5 Å². The van der Waals surface area contributed by atoms with E-state index in [1.165, 1.54) is 11.1 Å². The van der Waals surface area contributed by atoms with Crippen molar-refractivity contribution >= 4 is 28.5 Å². The molecule has 2 N–H and O–H groups in total. The van der Waals surface area contributed by atoms with Crippen molar-refractivity contribution in [3.05, 3.63) is 56.9 Å². The van der Waals surface area contributed by atoms with Gasteiger partial charge in [-0.3, -0.25) is 14.7 Å². The van der Waals surface area contributed by atoms with Gasteiger partial charge in [-0.2, -0.15) is 0 Å². The molecule has 2 aromatic rings. The third-order valence-corrected chi connectivity index (χ3v) is 5.04. The number of carbonyl (C=O) groups excluding carboxylic acids is 1. The van der Waals surface area contributed by atoms with E-state index in [1.807, 2.05) is 12.1 Å². The fraction of sp³-hybridized carbons (Fsp3) is 0.368. The van der Waals surface area contributed by atoms with E-state index in [1.54, 1.807) is 24.4 Å². The Labute approximate surface area is 161 Å². The first-order valence-electron chi connectivity index (χ1n) is 8.44. The highest BCUT2D eigenvalue weighted by atomic mass is 127. The third kappa shape index (κ3) is 4.92.